The third kappa shape index (κ3) is 6.78. The first-order valence-corrected chi connectivity index (χ1v) is 15.6. The van der Waals surface area contributed by atoms with Gasteiger partial charge in [0.1, 0.15) is 11.8 Å². The maximum atomic E-state index is 13.7. The Labute approximate surface area is 241 Å². The Morgan fingerprint density at radius 3 is 2.59 bits per heavy atom. The van der Waals surface area contributed by atoms with E-state index in [0.29, 0.717) is 0 Å². The molecule has 1 saturated carbocycles. The van der Waals surface area contributed by atoms with Crippen LogP contribution in [0.1, 0.15) is 67.8 Å². The predicted molar refractivity (Wildman–Crippen MR) is 152 cm³/mol. The third-order valence-corrected chi connectivity index (χ3v) is 9.51. The number of anilines is 1. The third-order valence-electron chi connectivity index (χ3n) is 7.91. The summed E-state index contributed by atoms with van der Waals surface area (Å²) in [4.78, 5) is 29.8. The molecule has 3 atom stereocenters. The number of likely N-dealkylation sites (N-methyl/N-ethyl adjacent to an activating group) is 1. The molecule has 3 N–H and O–H groups in total. The van der Waals surface area contributed by atoms with Gasteiger partial charge in [0.15, 0.2) is 16.4 Å². The number of fused-ring (bicyclic) bond motifs is 1. The highest BCUT2D eigenvalue weighted by Gasteiger charge is 2.36. The quantitative estimate of drug-likeness (QED) is 0.423. The molecule has 2 aromatic rings. The number of ether oxygens (including phenoxy) is 1. The molecule has 1 aromatic carbocycles. The zero-order valence-corrected chi connectivity index (χ0v) is 25.2. The van der Waals surface area contributed by atoms with Crippen LogP contribution in [0.25, 0.3) is 0 Å². The van der Waals surface area contributed by atoms with Gasteiger partial charge in [-0.25, -0.2) is 13.2 Å². The lowest BCUT2D eigenvalue weighted by atomic mass is 9.96. The van der Waals surface area contributed by atoms with E-state index in [1.165, 1.54) is 26.3 Å². The number of aliphatic hydroxyl groups excluding tert-OH is 1. The Bertz CT molecular complexity index is 1340. The number of carbonyl (C=O) groups is 2. The van der Waals surface area contributed by atoms with Crippen molar-refractivity contribution in [3.8, 4) is 5.75 Å². The van der Waals surface area contributed by atoms with Gasteiger partial charge in [-0.1, -0.05) is 37.4 Å². The number of rotatable bonds is 8. The molecule has 0 saturated heterocycles. The molecule has 12 nitrogen and oxygen atoms in total. The van der Waals surface area contributed by atoms with E-state index < -0.39 is 28.1 Å². The molecule has 13 heteroatoms. The molecule has 1 aliphatic heterocycles. The first kappa shape index (κ1) is 30.6. The van der Waals surface area contributed by atoms with Crippen LogP contribution in [0, 0.1) is 19.8 Å². The van der Waals surface area contributed by atoms with Gasteiger partial charge >= 0.3 is 6.03 Å². The van der Waals surface area contributed by atoms with Gasteiger partial charge in [-0.05, 0) is 45.7 Å². The topological polar surface area (TPSA) is 154 Å². The van der Waals surface area contributed by atoms with Gasteiger partial charge < -0.3 is 29.5 Å². The summed E-state index contributed by atoms with van der Waals surface area (Å²) in [6.07, 6.45) is 4.67. The van der Waals surface area contributed by atoms with Crippen molar-refractivity contribution in [2.75, 3.05) is 31.5 Å². The highest BCUT2D eigenvalue weighted by molar-refractivity contribution is 7.92. The lowest BCUT2D eigenvalue weighted by molar-refractivity contribution is 0.0368. The van der Waals surface area contributed by atoms with Crippen LogP contribution < -0.4 is 14.8 Å². The molecule has 226 valence electrons. The molecule has 0 radical (unpaired) electrons. The number of hydrogen-bond donors (Lipinski definition) is 3. The fourth-order valence-corrected chi connectivity index (χ4v) is 6.87. The number of nitrogens with one attached hydrogen (secondary N) is 2. The maximum Gasteiger partial charge on any atom is 0.317 e. The number of aryl methyl sites for hydroxylation is 2. The fraction of sp³-hybridized carbons (Fsp3) is 0.607. The van der Waals surface area contributed by atoms with E-state index in [1.54, 1.807) is 35.9 Å². The largest absolute Gasteiger partial charge is 0.485 e. The van der Waals surface area contributed by atoms with Crippen molar-refractivity contribution in [2.24, 2.45) is 5.92 Å². The second-order valence-corrected chi connectivity index (χ2v) is 12.8. The van der Waals surface area contributed by atoms with Crippen LogP contribution >= 0.6 is 0 Å². The average molecular weight is 592 g/mol. The van der Waals surface area contributed by atoms with E-state index in [4.69, 9.17) is 9.26 Å². The SMILES string of the molecule is Cc1noc(C)c1S(=O)(=O)Nc1cccc2c1O[C@H](CN(C)C(=O)NC1CCCCC1)[C@H](C)CN([C@@H](C)CO)C2=O. The highest BCUT2D eigenvalue weighted by Crippen LogP contribution is 2.36. The van der Waals surface area contributed by atoms with Crippen LogP contribution in [0.3, 0.4) is 0 Å². The minimum atomic E-state index is -4.15. The molecule has 1 aliphatic carbocycles. The maximum absolute atomic E-state index is 13.7. The summed E-state index contributed by atoms with van der Waals surface area (Å²) in [6, 6.07) is 4.08. The van der Waals surface area contributed by atoms with Gasteiger partial charge in [0, 0.05) is 25.6 Å². The van der Waals surface area contributed by atoms with Crippen molar-refractivity contribution in [1.29, 1.82) is 0 Å². The molecule has 1 aromatic heterocycles. The molecule has 4 rings (SSSR count). The number of benzene rings is 1. The summed E-state index contributed by atoms with van der Waals surface area (Å²) in [6.45, 7) is 6.91. The van der Waals surface area contributed by atoms with E-state index in [0.717, 1.165) is 25.7 Å². The lowest BCUT2D eigenvalue weighted by Gasteiger charge is -2.38. The standard InChI is InChI=1S/C28H41N5O7S/c1-17-14-33(18(2)16-34)27(35)22-12-9-13-23(31-41(37,38)26-19(3)30-40-20(26)4)25(22)39-24(17)15-32(5)28(36)29-21-10-7-6-8-11-21/h9,12-13,17-18,21,24,31,34H,6-8,10-11,14-16H2,1-5H3,(H,29,36)/t17-,18+,24-/m1/s1. The van der Waals surface area contributed by atoms with E-state index in [-0.39, 0.29) is 71.0 Å². The molecule has 1 fully saturated rings. The van der Waals surface area contributed by atoms with Gasteiger partial charge in [0.05, 0.1) is 30.4 Å². The molecule has 2 heterocycles. The Morgan fingerprint density at radius 1 is 1.24 bits per heavy atom. The second kappa shape index (κ2) is 12.7. The van der Waals surface area contributed by atoms with Gasteiger partial charge in [0.25, 0.3) is 15.9 Å². The summed E-state index contributed by atoms with van der Waals surface area (Å²) >= 11 is 0. The van der Waals surface area contributed by atoms with Crippen molar-refractivity contribution in [1.82, 2.24) is 20.3 Å². The molecule has 0 unspecified atom stereocenters. The van der Waals surface area contributed by atoms with Gasteiger partial charge in [-0.2, -0.15) is 0 Å². The normalized spacial score (nSPS) is 20.8. The van der Waals surface area contributed by atoms with Crippen LogP contribution in [0.5, 0.6) is 5.75 Å². The van der Waals surface area contributed by atoms with Crippen LogP contribution in [0.2, 0.25) is 0 Å². The molecular formula is C28H41N5O7S. The van der Waals surface area contributed by atoms with Crippen LogP contribution in [-0.2, 0) is 10.0 Å². The summed E-state index contributed by atoms with van der Waals surface area (Å²) in [5.74, 6) is -0.474. The highest BCUT2D eigenvalue weighted by atomic mass is 32.2. The number of carbonyl (C=O) groups excluding carboxylic acids is 2. The Balaban J connectivity index is 1.68. The molecule has 2 aliphatic rings. The number of aliphatic hydroxyl groups is 1. The van der Waals surface area contributed by atoms with E-state index in [2.05, 4.69) is 15.2 Å². The van der Waals surface area contributed by atoms with E-state index in [9.17, 15) is 23.1 Å². The zero-order valence-electron chi connectivity index (χ0n) is 24.3. The molecule has 0 bridgehead atoms. The minimum Gasteiger partial charge on any atom is -0.485 e. The summed E-state index contributed by atoms with van der Waals surface area (Å²) in [5.41, 5.74) is 0.419. The fourth-order valence-electron chi connectivity index (χ4n) is 5.48. The monoisotopic (exact) mass is 591 g/mol. The summed E-state index contributed by atoms with van der Waals surface area (Å²) in [7, 11) is -2.45. The molecular weight excluding hydrogens is 550 g/mol. The summed E-state index contributed by atoms with van der Waals surface area (Å²) in [5, 5.41) is 16.8. The number of urea groups is 1. The van der Waals surface area contributed by atoms with Crippen molar-refractivity contribution in [2.45, 2.75) is 82.9 Å². The van der Waals surface area contributed by atoms with Crippen LogP contribution in [0.15, 0.2) is 27.6 Å². The molecule has 0 spiro atoms. The summed E-state index contributed by atoms with van der Waals surface area (Å²) < 4.78 is 40.8. The second-order valence-electron chi connectivity index (χ2n) is 11.2. The number of hydrogen-bond acceptors (Lipinski definition) is 8. The van der Waals surface area contributed by atoms with Gasteiger partial charge in [0.2, 0.25) is 0 Å². The first-order valence-electron chi connectivity index (χ1n) is 14.1. The van der Waals surface area contributed by atoms with Crippen molar-refractivity contribution in [3.05, 3.63) is 35.2 Å². The average Bonchev–Trinajstić information content (AvgIpc) is 3.29. The number of nitrogens with zero attached hydrogens (tertiary/aromatic N) is 3. The van der Waals surface area contributed by atoms with Crippen LogP contribution in [0.4, 0.5) is 10.5 Å². The van der Waals surface area contributed by atoms with Crippen molar-refractivity contribution >= 4 is 27.6 Å². The van der Waals surface area contributed by atoms with Gasteiger partial charge in [-0.15, -0.1) is 0 Å². The molecule has 41 heavy (non-hydrogen) atoms. The van der Waals surface area contributed by atoms with Crippen molar-refractivity contribution in [3.63, 3.8) is 0 Å². The Morgan fingerprint density at radius 2 is 1.95 bits per heavy atom. The Kier molecular flexibility index (Phi) is 9.48. The van der Waals surface area contributed by atoms with Gasteiger partial charge in [-0.3, -0.25) is 9.52 Å². The number of sulfonamides is 1. The lowest BCUT2D eigenvalue weighted by Crippen LogP contribution is -2.52. The number of para-hydroxylation sites is 1. The predicted octanol–water partition coefficient (Wildman–Crippen LogP) is 3.29. The van der Waals surface area contributed by atoms with Crippen LogP contribution in [-0.4, -0.2) is 85.4 Å². The smallest absolute Gasteiger partial charge is 0.317 e. The molecule has 3 amide bonds. The first-order chi connectivity index (χ1) is 19.4. The minimum absolute atomic E-state index is 0.0561. The number of amides is 3. The van der Waals surface area contributed by atoms with E-state index in [1.807, 2.05) is 6.92 Å². The Hall–Kier alpha value is -3.32. The van der Waals surface area contributed by atoms with Crippen molar-refractivity contribution < 1.29 is 32.4 Å². The number of aromatic nitrogens is 1. The zero-order chi connectivity index (χ0) is 29.9. The van der Waals surface area contributed by atoms with E-state index >= 15 is 0 Å².